The molecule has 0 saturated carbocycles. The number of hydrogen-bond donors (Lipinski definition) is 1. The van der Waals surface area contributed by atoms with Crippen molar-refractivity contribution in [3.05, 3.63) is 40.4 Å². The largest absolute Gasteiger partial charge is 0.480 e. The summed E-state index contributed by atoms with van der Waals surface area (Å²) in [4.78, 5) is 24.4. The molecular formula is C14H14ClFN4O3. The highest BCUT2D eigenvalue weighted by Gasteiger charge is 2.27. The third-order valence-electron chi connectivity index (χ3n) is 3.50. The lowest BCUT2D eigenvalue weighted by Crippen LogP contribution is -2.40. The molecule has 0 aliphatic rings. The van der Waals surface area contributed by atoms with Crippen LogP contribution < -0.4 is 0 Å². The molecule has 1 aromatic heterocycles. The Morgan fingerprint density at radius 2 is 2.09 bits per heavy atom. The number of likely N-dealkylation sites (N-methyl/N-ethyl adjacent to an activating group) is 1. The molecule has 0 aliphatic carbocycles. The number of carbonyl (C=O) groups excluding carboxylic acids is 1. The molecule has 9 heteroatoms. The van der Waals surface area contributed by atoms with Crippen LogP contribution in [-0.4, -0.2) is 50.0 Å². The lowest BCUT2D eigenvalue weighted by atomic mass is 10.2. The zero-order valence-corrected chi connectivity index (χ0v) is 13.4. The zero-order chi connectivity index (χ0) is 17.3. The zero-order valence-electron chi connectivity index (χ0n) is 12.6. The van der Waals surface area contributed by atoms with Gasteiger partial charge in [-0.2, -0.15) is 0 Å². The summed E-state index contributed by atoms with van der Waals surface area (Å²) < 4.78 is 14.6. The van der Waals surface area contributed by atoms with E-state index in [2.05, 4.69) is 10.3 Å². The molecule has 1 aromatic carbocycles. The monoisotopic (exact) mass is 340 g/mol. The van der Waals surface area contributed by atoms with Gasteiger partial charge in [-0.15, -0.1) is 5.10 Å². The minimum atomic E-state index is -1.13. The van der Waals surface area contributed by atoms with E-state index in [4.69, 9.17) is 16.7 Å². The number of halogens is 2. The van der Waals surface area contributed by atoms with Crippen LogP contribution in [0.5, 0.6) is 0 Å². The quantitative estimate of drug-likeness (QED) is 0.918. The van der Waals surface area contributed by atoms with Gasteiger partial charge < -0.3 is 10.0 Å². The third kappa shape index (κ3) is 3.16. The number of carbonyl (C=O) groups is 2. The van der Waals surface area contributed by atoms with Crippen molar-refractivity contribution in [1.29, 1.82) is 0 Å². The molecule has 0 bridgehead atoms. The maximum Gasteiger partial charge on any atom is 0.326 e. The van der Waals surface area contributed by atoms with Gasteiger partial charge in [0.25, 0.3) is 5.91 Å². The van der Waals surface area contributed by atoms with E-state index < -0.39 is 23.7 Å². The van der Waals surface area contributed by atoms with Gasteiger partial charge in [-0.1, -0.05) is 16.8 Å². The van der Waals surface area contributed by atoms with Crippen molar-refractivity contribution in [1.82, 2.24) is 19.9 Å². The molecular weight excluding hydrogens is 327 g/mol. The van der Waals surface area contributed by atoms with Gasteiger partial charge in [0.1, 0.15) is 11.9 Å². The van der Waals surface area contributed by atoms with E-state index in [0.717, 1.165) is 4.90 Å². The Labute approximate surface area is 136 Å². The average molecular weight is 341 g/mol. The van der Waals surface area contributed by atoms with E-state index in [1.807, 2.05) is 0 Å². The van der Waals surface area contributed by atoms with Crippen LogP contribution >= 0.6 is 11.6 Å². The predicted molar refractivity (Wildman–Crippen MR) is 80.3 cm³/mol. The average Bonchev–Trinajstić information content (AvgIpc) is 2.89. The number of aromatic nitrogens is 3. The second-order valence-corrected chi connectivity index (χ2v) is 5.37. The number of amides is 1. The van der Waals surface area contributed by atoms with Gasteiger partial charge in [-0.05, 0) is 32.0 Å². The van der Waals surface area contributed by atoms with Crippen LogP contribution in [0.3, 0.4) is 0 Å². The van der Waals surface area contributed by atoms with Gasteiger partial charge in [0, 0.05) is 7.05 Å². The maximum absolute atomic E-state index is 13.2. The molecule has 1 heterocycles. The number of carboxylic acids is 1. The fourth-order valence-corrected chi connectivity index (χ4v) is 2.07. The SMILES string of the molecule is Cc1c(C(=O)N(C)C(C)C(=O)O)nnn1-c1ccc(F)c(Cl)c1. The number of carboxylic acid groups (broad SMARTS) is 1. The second kappa shape index (κ2) is 6.33. The van der Waals surface area contributed by atoms with E-state index in [-0.39, 0.29) is 10.7 Å². The first-order valence-corrected chi connectivity index (χ1v) is 6.99. The molecule has 0 radical (unpaired) electrons. The number of aliphatic carboxylic acids is 1. The smallest absolute Gasteiger partial charge is 0.326 e. The van der Waals surface area contributed by atoms with Crippen LogP contribution in [0.4, 0.5) is 4.39 Å². The summed E-state index contributed by atoms with van der Waals surface area (Å²) in [5, 5.41) is 16.5. The molecule has 1 amide bonds. The van der Waals surface area contributed by atoms with Gasteiger partial charge >= 0.3 is 5.97 Å². The number of rotatable bonds is 4. The highest BCUT2D eigenvalue weighted by molar-refractivity contribution is 6.30. The molecule has 1 atom stereocenters. The second-order valence-electron chi connectivity index (χ2n) is 4.96. The van der Waals surface area contributed by atoms with Crippen molar-refractivity contribution >= 4 is 23.5 Å². The lowest BCUT2D eigenvalue weighted by molar-refractivity contribution is -0.141. The molecule has 2 rings (SSSR count). The summed E-state index contributed by atoms with van der Waals surface area (Å²) >= 11 is 5.74. The van der Waals surface area contributed by atoms with E-state index >= 15 is 0 Å². The Morgan fingerprint density at radius 1 is 1.43 bits per heavy atom. The molecule has 1 unspecified atom stereocenters. The molecule has 23 heavy (non-hydrogen) atoms. The van der Waals surface area contributed by atoms with Crippen molar-refractivity contribution < 1.29 is 19.1 Å². The normalized spacial score (nSPS) is 12.0. The minimum absolute atomic E-state index is 0.0149. The van der Waals surface area contributed by atoms with Crippen molar-refractivity contribution in [2.45, 2.75) is 19.9 Å². The van der Waals surface area contributed by atoms with Gasteiger partial charge in [-0.25, -0.2) is 13.9 Å². The van der Waals surface area contributed by atoms with Crippen LogP contribution in [0.1, 0.15) is 23.1 Å². The molecule has 0 spiro atoms. The first kappa shape index (κ1) is 16.9. The van der Waals surface area contributed by atoms with Crippen molar-refractivity contribution in [3.63, 3.8) is 0 Å². The van der Waals surface area contributed by atoms with Crippen molar-refractivity contribution in [2.75, 3.05) is 7.05 Å². The highest BCUT2D eigenvalue weighted by Crippen LogP contribution is 2.20. The van der Waals surface area contributed by atoms with Gasteiger partial charge in [-0.3, -0.25) is 4.79 Å². The van der Waals surface area contributed by atoms with Crippen LogP contribution in [0.15, 0.2) is 18.2 Å². The van der Waals surface area contributed by atoms with Crippen molar-refractivity contribution in [3.8, 4) is 5.69 Å². The van der Waals surface area contributed by atoms with Crippen LogP contribution in [0.25, 0.3) is 5.69 Å². The summed E-state index contributed by atoms with van der Waals surface area (Å²) in [5.74, 6) is -2.27. The van der Waals surface area contributed by atoms with Gasteiger partial charge in [0.2, 0.25) is 0 Å². The standard InChI is InChI=1S/C14H14ClFN4O3/c1-7-12(13(21)19(3)8(2)14(22)23)17-18-20(7)9-4-5-11(16)10(15)6-9/h4-6,8H,1-3H3,(H,22,23). The molecule has 122 valence electrons. The number of hydrogen-bond acceptors (Lipinski definition) is 4. The Balaban J connectivity index is 2.37. The predicted octanol–water partition coefficient (Wildman–Crippen LogP) is 1.91. The van der Waals surface area contributed by atoms with E-state index in [9.17, 15) is 14.0 Å². The topological polar surface area (TPSA) is 88.3 Å². The number of nitrogens with zero attached hydrogens (tertiary/aromatic N) is 4. The van der Waals surface area contributed by atoms with Gasteiger partial charge in [0.05, 0.1) is 16.4 Å². The Morgan fingerprint density at radius 3 is 2.65 bits per heavy atom. The Kier molecular flexibility index (Phi) is 4.65. The van der Waals surface area contributed by atoms with E-state index in [1.165, 1.54) is 36.9 Å². The minimum Gasteiger partial charge on any atom is -0.480 e. The van der Waals surface area contributed by atoms with E-state index in [1.54, 1.807) is 6.92 Å². The van der Waals surface area contributed by atoms with Gasteiger partial charge in [0.15, 0.2) is 5.69 Å². The molecule has 2 aromatic rings. The Hall–Kier alpha value is -2.48. The first-order chi connectivity index (χ1) is 10.7. The fourth-order valence-electron chi connectivity index (χ4n) is 1.90. The van der Waals surface area contributed by atoms with Crippen molar-refractivity contribution in [2.24, 2.45) is 0 Å². The van der Waals surface area contributed by atoms with Crippen LogP contribution in [0.2, 0.25) is 5.02 Å². The molecule has 0 fully saturated rings. The summed E-state index contributed by atoms with van der Waals surface area (Å²) in [5.41, 5.74) is 0.845. The van der Waals surface area contributed by atoms with Crippen LogP contribution in [-0.2, 0) is 4.79 Å². The first-order valence-electron chi connectivity index (χ1n) is 6.61. The van der Waals surface area contributed by atoms with E-state index in [0.29, 0.717) is 11.4 Å². The fraction of sp³-hybridized carbons (Fsp3) is 0.286. The molecule has 0 aliphatic heterocycles. The lowest BCUT2D eigenvalue weighted by Gasteiger charge is -2.20. The molecule has 1 N–H and O–H groups in total. The maximum atomic E-state index is 13.2. The Bertz CT molecular complexity index is 777. The van der Waals surface area contributed by atoms with Crippen LogP contribution in [0, 0.1) is 12.7 Å². The molecule has 0 saturated heterocycles. The summed E-state index contributed by atoms with van der Waals surface area (Å²) in [6, 6.07) is 2.98. The molecule has 7 nitrogen and oxygen atoms in total. The summed E-state index contributed by atoms with van der Waals surface area (Å²) in [6.45, 7) is 2.99. The highest BCUT2D eigenvalue weighted by atomic mass is 35.5. The third-order valence-corrected chi connectivity index (χ3v) is 3.79. The number of benzene rings is 1. The summed E-state index contributed by atoms with van der Waals surface area (Å²) in [7, 11) is 1.37. The summed E-state index contributed by atoms with van der Waals surface area (Å²) in [6.07, 6.45) is 0.